The number of nitrogens with zero attached hydrogens (tertiary/aromatic N) is 1. The predicted molar refractivity (Wildman–Crippen MR) is 79.2 cm³/mol. The first kappa shape index (κ1) is 15.9. The molecule has 2 rings (SSSR count). The van der Waals surface area contributed by atoms with Crippen LogP contribution in [0, 0.1) is 11.7 Å². The van der Waals surface area contributed by atoms with Crippen molar-refractivity contribution in [3.05, 3.63) is 28.5 Å². The minimum Gasteiger partial charge on any atom is -0.328 e. The lowest BCUT2D eigenvalue weighted by molar-refractivity contribution is 0.250. The van der Waals surface area contributed by atoms with Crippen LogP contribution in [0.5, 0.6) is 0 Å². The second-order valence-corrected chi connectivity index (χ2v) is 7.94. The number of rotatable bonds is 3. The third-order valence-corrected chi connectivity index (χ3v) is 6.63. The van der Waals surface area contributed by atoms with Crippen LogP contribution in [0.4, 0.5) is 4.39 Å². The Hall–Kier alpha value is -0.500. The van der Waals surface area contributed by atoms with Crippen LogP contribution in [-0.4, -0.2) is 31.9 Å². The number of hydrogen-bond acceptors (Lipinski definition) is 3. The normalized spacial score (nSPS) is 20.0. The topological polar surface area (TPSA) is 63.4 Å². The average molecular weight is 365 g/mol. The molecule has 112 valence electrons. The summed E-state index contributed by atoms with van der Waals surface area (Å²) in [5.74, 6) is -0.107. The Morgan fingerprint density at radius 2 is 2.00 bits per heavy atom. The second-order valence-electron chi connectivity index (χ2n) is 5.18. The van der Waals surface area contributed by atoms with E-state index in [-0.39, 0.29) is 15.4 Å². The maximum Gasteiger partial charge on any atom is 0.244 e. The van der Waals surface area contributed by atoms with E-state index >= 15 is 0 Å². The van der Waals surface area contributed by atoms with Crippen LogP contribution in [0.3, 0.4) is 0 Å². The largest absolute Gasteiger partial charge is 0.328 e. The molecule has 0 saturated carbocycles. The summed E-state index contributed by atoms with van der Waals surface area (Å²) in [5, 5.41) is 0. The minimum absolute atomic E-state index is 0.0809. The molecule has 2 N–H and O–H groups in total. The Morgan fingerprint density at radius 1 is 1.40 bits per heavy atom. The molecule has 0 spiro atoms. The van der Waals surface area contributed by atoms with Crippen molar-refractivity contribution in [1.82, 2.24) is 4.31 Å². The van der Waals surface area contributed by atoms with E-state index < -0.39 is 15.8 Å². The number of halogens is 2. The first-order valence-electron chi connectivity index (χ1n) is 6.53. The third kappa shape index (κ3) is 3.21. The Labute approximate surface area is 127 Å². The van der Waals surface area contributed by atoms with Gasteiger partial charge in [-0.05, 0) is 59.8 Å². The van der Waals surface area contributed by atoms with Crippen molar-refractivity contribution in [3.8, 4) is 0 Å². The van der Waals surface area contributed by atoms with Gasteiger partial charge in [-0.3, -0.25) is 0 Å². The maximum atomic E-state index is 13.1. The van der Waals surface area contributed by atoms with E-state index in [1.807, 2.05) is 6.92 Å². The van der Waals surface area contributed by atoms with Crippen molar-refractivity contribution in [2.24, 2.45) is 11.7 Å². The Balaban J connectivity index is 2.20. The lowest BCUT2D eigenvalue weighted by Crippen LogP contribution is -2.42. The lowest BCUT2D eigenvalue weighted by Gasteiger charge is -2.33. The molecule has 20 heavy (non-hydrogen) atoms. The molecule has 1 fully saturated rings. The van der Waals surface area contributed by atoms with Gasteiger partial charge in [0.1, 0.15) is 5.82 Å². The molecular formula is C13H18BrFN2O2S. The molecule has 1 heterocycles. The highest BCUT2D eigenvalue weighted by molar-refractivity contribution is 9.10. The van der Waals surface area contributed by atoms with Gasteiger partial charge in [0.25, 0.3) is 0 Å². The zero-order valence-electron chi connectivity index (χ0n) is 11.2. The Bertz CT molecular complexity index is 584. The number of hydrogen-bond donors (Lipinski definition) is 1. The molecule has 0 bridgehead atoms. The van der Waals surface area contributed by atoms with Gasteiger partial charge >= 0.3 is 0 Å². The highest BCUT2D eigenvalue weighted by atomic mass is 79.9. The summed E-state index contributed by atoms with van der Waals surface area (Å²) in [6, 6.07) is 3.71. The fourth-order valence-corrected chi connectivity index (χ4v) is 4.94. The van der Waals surface area contributed by atoms with Crippen LogP contribution in [-0.2, 0) is 10.0 Å². The fourth-order valence-electron chi connectivity index (χ4n) is 2.47. The van der Waals surface area contributed by atoms with Crippen LogP contribution >= 0.6 is 15.9 Å². The molecule has 0 aromatic heterocycles. The van der Waals surface area contributed by atoms with E-state index in [9.17, 15) is 12.8 Å². The summed E-state index contributed by atoms with van der Waals surface area (Å²) in [7, 11) is -3.58. The number of benzene rings is 1. The van der Waals surface area contributed by atoms with Crippen molar-refractivity contribution in [3.63, 3.8) is 0 Å². The van der Waals surface area contributed by atoms with Crippen molar-refractivity contribution >= 4 is 26.0 Å². The van der Waals surface area contributed by atoms with Gasteiger partial charge < -0.3 is 5.73 Å². The van der Waals surface area contributed by atoms with Crippen LogP contribution in [0.25, 0.3) is 0 Å². The fraction of sp³-hybridized carbons (Fsp3) is 0.538. The van der Waals surface area contributed by atoms with Gasteiger partial charge in [-0.1, -0.05) is 0 Å². The predicted octanol–water partition coefficient (Wildman–Crippen LogP) is 2.34. The first-order valence-corrected chi connectivity index (χ1v) is 8.76. The summed E-state index contributed by atoms with van der Waals surface area (Å²) in [4.78, 5) is 0.109. The van der Waals surface area contributed by atoms with Gasteiger partial charge in [-0.15, -0.1) is 0 Å². The van der Waals surface area contributed by atoms with Gasteiger partial charge in [0, 0.05) is 23.6 Å². The van der Waals surface area contributed by atoms with E-state index in [0.29, 0.717) is 19.0 Å². The zero-order chi connectivity index (χ0) is 14.9. The van der Waals surface area contributed by atoms with Crippen molar-refractivity contribution in [2.45, 2.75) is 30.7 Å². The molecule has 0 radical (unpaired) electrons. The SMILES string of the molecule is CC(N)C1CCN(S(=O)(=O)c2ccc(F)cc2Br)CC1. The van der Waals surface area contributed by atoms with E-state index in [1.165, 1.54) is 16.4 Å². The van der Waals surface area contributed by atoms with Gasteiger partial charge in [0.05, 0.1) is 4.90 Å². The maximum absolute atomic E-state index is 13.1. The van der Waals surface area contributed by atoms with Crippen LogP contribution in [0.15, 0.2) is 27.6 Å². The van der Waals surface area contributed by atoms with E-state index in [4.69, 9.17) is 5.73 Å². The Morgan fingerprint density at radius 3 is 2.50 bits per heavy atom. The monoisotopic (exact) mass is 364 g/mol. The standard InChI is InChI=1S/C13H18BrFN2O2S/c1-9(16)10-4-6-17(7-5-10)20(18,19)13-3-2-11(15)8-12(13)14/h2-3,8-10H,4-7,16H2,1H3. The highest BCUT2D eigenvalue weighted by Crippen LogP contribution is 2.29. The summed E-state index contributed by atoms with van der Waals surface area (Å²) in [5.41, 5.74) is 5.86. The van der Waals surface area contributed by atoms with Crippen LogP contribution in [0.2, 0.25) is 0 Å². The van der Waals surface area contributed by atoms with Gasteiger partial charge in [-0.2, -0.15) is 4.31 Å². The molecule has 0 amide bonds. The Kier molecular flexibility index (Phi) is 4.84. The van der Waals surface area contributed by atoms with E-state index in [1.54, 1.807) is 0 Å². The molecule has 7 heteroatoms. The molecule has 4 nitrogen and oxygen atoms in total. The molecular weight excluding hydrogens is 347 g/mol. The van der Waals surface area contributed by atoms with Crippen molar-refractivity contribution in [2.75, 3.05) is 13.1 Å². The minimum atomic E-state index is -3.58. The van der Waals surface area contributed by atoms with Crippen molar-refractivity contribution < 1.29 is 12.8 Å². The van der Waals surface area contributed by atoms with Gasteiger partial charge in [-0.25, -0.2) is 12.8 Å². The second kappa shape index (κ2) is 6.09. The number of sulfonamides is 1. The number of nitrogens with two attached hydrogens (primary N) is 1. The number of piperidine rings is 1. The van der Waals surface area contributed by atoms with Crippen LogP contribution < -0.4 is 5.73 Å². The smallest absolute Gasteiger partial charge is 0.244 e. The lowest BCUT2D eigenvalue weighted by atomic mass is 9.92. The van der Waals surface area contributed by atoms with Gasteiger partial charge in [0.15, 0.2) is 0 Å². The van der Waals surface area contributed by atoms with Crippen molar-refractivity contribution in [1.29, 1.82) is 0 Å². The van der Waals surface area contributed by atoms with Gasteiger partial charge in [0.2, 0.25) is 10.0 Å². The summed E-state index contributed by atoms with van der Waals surface area (Å²) < 4.78 is 39.8. The quantitative estimate of drug-likeness (QED) is 0.894. The summed E-state index contributed by atoms with van der Waals surface area (Å²) in [6.45, 7) is 2.86. The van der Waals surface area contributed by atoms with Crippen LogP contribution in [0.1, 0.15) is 19.8 Å². The summed E-state index contributed by atoms with van der Waals surface area (Å²) >= 11 is 3.12. The molecule has 1 aromatic carbocycles. The van der Waals surface area contributed by atoms with E-state index in [2.05, 4.69) is 15.9 Å². The molecule has 1 unspecified atom stereocenters. The molecule has 1 aliphatic rings. The first-order chi connectivity index (χ1) is 9.32. The molecule has 1 saturated heterocycles. The third-order valence-electron chi connectivity index (χ3n) is 3.75. The molecule has 1 aliphatic heterocycles. The molecule has 0 aliphatic carbocycles. The zero-order valence-corrected chi connectivity index (χ0v) is 13.6. The average Bonchev–Trinajstić information content (AvgIpc) is 2.38. The van der Waals surface area contributed by atoms with E-state index in [0.717, 1.165) is 18.9 Å². The molecule has 1 aromatic rings. The molecule has 1 atom stereocenters. The highest BCUT2D eigenvalue weighted by Gasteiger charge is 2.31. The summed E-state index contributed by atoms with van der Waals surface area (Å²) in [6.07, 6.45) is 1.52.